The number of H-pyrrole nitrogens is 1. The molecule has 1 saturated heterocycles. The van der Waals surface area contributed by atoms with Crippen LogP contribution in [0.4, 0.5) is 0 Å². The minimum atomic E-state index is -0.206. The molecule has 0 radical (unpaired) electrons. The number of ether oxygens (including phenoxy) is 1. The smallest absolute Gasteiger partial charge is 0.140 e. The molecule has 4 nitrogen and oxygen atoms in total. The zero-order valence-corrected chi connectivity index (χ0v) is 12.6. The van der Waals surface area contributed by atoms with Gasteiger partial charge in [-0.25, -0.2) is 0 Å². The minimum absolute atomic E-state index is 0.206. The Labute approximate surface area is 125 Å². The van der Waals surface area contributed by atoms with Crippen LogP contribution in [0.25, 0.3) is 11.3 Å². The number of hydrogen-bond donors (Lipinski definition) is 1. The second kappa shape index (κ2) is 4.60. The van der Waals surface area contributed by atoms with Crippen molar-refractivity contribution < 1.29 is 4.74 Å². The molecule has 0 bridgehead atoms. The Morgan fingerprint density at radius 2 is 2.00 bits per heavy atom. The summed E-state index contributed by atoms with van der Waals surface area (Å²) < 4.78 is 6.49. The molecule has 4 heteroatoms. The molecular formula is C17H21N3O. The fourth-order valence-electron chi connectivity index (χ4n) is 3.64. The maximum absolute atomic E-state index is 6.49. The van der Waals surface area contributed by atoms with Gasteiger partial charge in [0.1, 0.15) is 11.4 Å². The van der Waals surface area contributed by atoms with Gasteiger partial charge in [-0.05, 0) is 26.0 Å². The molecule has 0 saturated carbocycles. The first-order valence-corrected chi connectivity index (χ1v) is 7.76. The Kier molecular flexibility index (Phi) is 2.82. The molecule has 2 aliphatic heterocycles. The number of likely N-dealkylation sites (tertiary alicyclic amines) is 1. The summed E-state index contributed by atoms with van der Waals surface area (Å²) in [7, 11) is 0. The lowest BCUT2D eigenvalue weighted by Gasteiger charge is -2.45. The number of rotatable bonds is 1. The Morgan fingerprint density at radius 1 is 1.24 bits per heavy atom. The zero-order chi connectivity index (χ0) is 14.4. The molecule has 110 valence electrons. The molecular weight excluding hydrogens is 262 g/mol. The minimum Gasteiger partial charge on any atom is -0.482 e. The normalized spacial score (nSPS) is 20.1. The van der Waals surface area contributed by atoms with Crippen molar-refractivity contribution in [2.45, 2.75) is 38.3 Å². The number of nitrogens with one attached hydrogen (secondary N) is 1. The molecule has 2 aliphatic rings. The molecule has 0 amide bonds. The van der Waals surface area contributed by atoms with E-state index >= 15 is 0 Å². The van der Waals surface area contributed by atoms with Gasteiger partial charge in [-0.2, -0.15) is 5.10 Å². The van der Waals surface area contributed by atoms with Gasteiger partial charge < -0.3 is 9.64 Å². The molecule has 1 aromatic carbocycles. The summed E-state index contributed by atoms with van der Waals surface area (Å²) in [6, 6.07) is 8.85. The Morgan fingerprint density at radius 3 is 2.76 bits per heavy atom. The van der Waals surface area contributed by atoms with Crippen LogP contribution in [-0.2, 0) is 5.60 Å². The number of piperidine rings is 1. The van der Waals surface area contributed by atoms with Crippen LogP contribution in [0.1, 0.15) is 32.3 Å². The maximum atomic E-state index is 6.49. The van der Waals surface area contributed by atoms with E-state index in [9.17, 15) is 0 Å². The van der Waals surface area contributed by atoms with Crippen molar-refractivity contribution in [3.05, 3.63) is 36.0 Å². The Hall–Kier alpha value is -1.81. The number of nitrogens with zero attached hydrogens (tertiary/aromatic N) is 2. The third kappa shape index (κ3) is 1.89. The lowest BCUT2D eigenvalue weighted by atomic mass is 9.81. The van der Waals surface area contributed by atoms with Crippen LogP contribution in [0, 0.1) is 0 Å². The molecule has 1 aromatic heterocycles. The second-order valence-electron chi connectivity index (χ2n) is 6.38. The molecule has 1 spiro atoms. The van der Waals surface area contributed by atoms with Crippen molar-refractivity contribution in [1.29, 1.82) is 0 Å². The Balaban J connectivity index is 1.74. The standard InChI is InChI=1S/C17H21N3O/c1-12(2)20-9-7-17(8-10-20)14-11-18-19-16(14)13-5-3-4-6-15(13)21-17/h3-6,11-12H,7-10H2,1-2H3,(H,18,19). The largest absolute Gasteiger partial charge is 0.482 e. The van der Waals surface area contributed by atoms with Crippen molar-refractivity contribution in [3.63, 3.8) is 0 Å². The van der Waals surface area contributed by atoms with Crippen LogP contribution < -0.4 is 4.74 Å². The summed E-state index contributed by atoms with van der Waals surface area (Å²) in [4.78, 5) is 2.52. The van der Waals surface area contributed by atoms with Crippen LogP contribution in [0.3, 0.4) is 0 Å². The predicted molar refractivity (Wildman–Crippen MR) is 82.3 cm³/mol. The molecule has 3 heterocycles. The molecule has 1 N–H and O–H groups in total. The van der Waals surface area contributed by atoms with Crippen molar-refractivity contribution in [2.24, 2.45) is 0 Å². The van der Waals surface area contributed by atoms with Crippen LogP contribution in [-0.4, -0.2) is 34.2 Å². The number of fused-ring (bicyclic) bond motifs is 4. The average Bonchev–Trinajstić information content (AvgIpc) is 2.99. The predicted octanol–water partition coefficient (Wildman–Crippen LogP) is 3.17. The molecule has 0 atom stereocenters. The van der Waals surface area contributed by atoms with Gasteiger partial charge in [-0.15, -0.1) is 0 Å². The molecule has 2 aromatic rings. The fraction of sp³-hybridized carbons (Fsp3) is 0.471. The van der Waals surface area contributed by atoms with E-state index in [2.05, 4.69) is 41.1 Å². The highest BCUT2D eigenvalue weighted by Crippen LogP contribution is 2.48. The first kappa shape index (κ1) is 12.9. The zero-order valence-electron chi connectivity index (χ0n) is 12.6. The van der Waals surface area contributed by atoms with Gasteiger partial charge in [-0.1, -0.05) is 12.1 Å². The SMILES string of the molecule is CC(C)N1CCC2(CC1)Oc1ccccc1-c1[nH]ncc12. The summed E-state index contributed by atoms with van der Waals surface area (Å²) in [5, 5.41) is 7.46. The molecule has 4 rings (SSSR count). The van der Waals surface area contributed by atoms with Gasteiger partial charge in [0, 0.05) is 43.1 Å². The van der Waals surface area contributed by atoms with E-state index in [4.69, 9.17) is 4.74 Å². The summed E-state index contributed by atoms with van der Waals surface area (Å²) in [5.74, 6) is 0.979. The number of para-hydroxylation sites is 1. The van der Waals surface area contributed by atoms with E-state index < -0.39 is 0 Å². The highest BCUT2D eigenvalue weighted by Gasteiger charge is 2.44. The first-order chi connectivity index (χ1) is 10.2. The fourth-order valence-corrected chi connectivity index (χ4v) is 3.64. The third-order valence-corrected chi connectivity index (χ3v) is 4.93. The van der Waals surface area contributed by atoms with Crippen LogP contribution >= 0.6 is 0 Å². The van der Waals surface area contributed by atoms with E-state index in [-0.39, 0.29) is 5.60 Å². The topological polar surface area (TPSA) is 41.1 Å². The van der Waals surface area contributed by atoms with Gasteiger partial charge >= 0.3 is 0 Å². The average molecular weight is 283 g/mol. The number of hydrogen-bond acceptors (Lipinski definition) is 3. The summed E-state index contributed by atoms with van der Waals surface area (Å²) in [6.45, 7) is 6.67. The van der Waals surface area contributed by atoms with Crippen molar-refractivity contribution in [1.82, 2.24) is 15.1 Å². The quantitative estimate of drug-likeness (QED) is 0.874. The van der Waals surface area contributed by atoms with E-state index in [0.717, 1.165) is 42.9 Å². The highest BCUT2D eigenvalue weighted by molar-refractivity contribution is 5.73. The second-order valence-corrected chi connectivity index (χ2v) is 6.38. The number of aromatic nitrogens is 2. The third-order valence-electron chi connectivity index (χ3n) is 4.93. The van der Waals surface area contributed by atoms with Gasteiger partial charge in [0.2, 0.25) is 0 Å². The van der Waals surface area contributed by atoms with Crippen LogP contribution in [0.2, 0.25) is 0 Å². The maximum Gasteiger partial charge on any atom is 0.140 e. The van der Waals surface area contributed by atoms with Gasteiger partial charge in [0.25, 0.3) is 0 Å². The molecule has 0 aliphatic carbocycles. The first-order valence-electron chi connectivity index (χ1n) is 7.76. The molecule has 0 unspecified atom stereocenters. The number of aromatic amines is 1. The monoisotopic (exact) mass is 283 g/mol. The van der Waals surface area contributed by atoms with Gasteiger partial charge in [0.05, 0.1) is 11.9 Å². The van der Waals surface area contributed by atoms with E-state index in [1.165, 1.54) is 5.56 Å². The molecule has 1 fully saturated rings. The summed E-state index contributed by atoms with van der Waals surface area (Å²) in [5.41, 5.74) is 3.28. The lowest BCUT2D eigenvalue weighted by Crippen LogP contribution is -2.49. The van der Waals surface area contributed by atoms with Crippen LogP contribution in [0.5, 0.6) is 5.75 Å². The van der Waals surface area contributed by atoms with E-state index in [1.54, 1.807) is 0 Å². The van der Waals surface area contributed by atoms with Crippen molar-refractivity contribution in [2.75, 3.05) is 13.1 Å². The number of benzene rings is 1. The van der Waals surface area contributed by atoms with E-state index in [1.807, 2.05) is 18.3 Å². The van der Waals surface area contributed by atoms with Crippen molar-refractivity contribution >= 4 is 0 Å². The summed E-state index contributed by atoms with van der Waals surface area (Å²) in [6.07, 6.45) is 3.99. The van der Waals surface area contributed by atoms with Gasteiger partial charge in [-0.3, -0.25) is 5.10 Å². The lowest BCUT2D eigenvalue weighted by molar-refractivity contribution is -0.0123. The van der Waals surface area contributed by atoms with Gasteiger partial charge in [0.15, 0.2) is 0 Å². The highest BCUT2D eigenvalue weighted by atomic mass is 16.5. The Bertz CT molecular complexity index is 654. The molecule has 21 heavy (non-hydrogen) atoms. The van der Waals surface area contributed by atoms with E-state index in [0.29, 0.717) is 6.04 Å². The van der Waals surface area contributed by atoms with Crippen molar-refractivity contribution in [3.8, 4) is 17.0 Å². The van der Waals surface area contributed by atoms with Crippen LogP contribution in [0.15, 0.2) is 30.5 Å². The summed E-state index contributed by atoms with van der Waals surface area (Å²) >= 11 is 0.